The van der Waals surface area contributed by atoms with E-state index in [1.807, 2.05) is 31.2 Å². The summed E-state index contributed by atoms with van der Waals surface area (Å²) in [5.41, 5.74) is 0. The molecule has 1 aromatic carbocycles. The quantitative estimate of drug-likeness (QED) is 0.843. The molecule has 0 radical (unpaired) electrons. The van der Waals surface area contributed by atoms with Crippen LogP contribution < -0.4 is 4.74 Å². The third kappa shape index (κ3) is 4.16. The second kappa shape index (κ2) is 7.54. The Hall–Kier alpha value is -1.69. The Morgan fingerprint density at radius 3 is 2.36 bits per heavy atom. The lowest BCUT2D eigenvalue weighted by Gasteiger charge is -2.31. The van der Waals surface area contributed by atoms with Gasteiger partial charge in [0.05, 0.1) is 18.3 Å². The van der Waals surface area contributed by atoms with Gasteiger partial charge < -0.3 is 14.7 Å². The van der Waals surface area contributed by atoms with Gasteiger partial charge in [-0.2, -0.15) is 0 Å². The van der Waals surface area contributed by atoms with Crippen LogP contribution in [0, 0.1) is 5.92 Å². The van der Waals surface area contributed by atoms with Crippen molar-refractivity contribution in [2.75, 3.05) is 20.2 Å². The first-order chi connectivity index (χ1) is 10.5. The number of nitrogens with zero attached hydrogens (tertiary/aromatic N) is 1. The van der Waals surface area contributed by atoms with Gasteiger partial charge in [0.2, 0.25) is 5.91 Å². The number of methoxy groups -OCH3 is 1. The monoisotopic (exact) mass is 323 g/mol. The molecule has 1 heterocycles. The van der Waals surface area contributed by atoms with Gasteiger partial charge >= 0.3 is 5.97 Å². The minimum Gasteiger partial charge on any atom is -0.497 e. The zero-order valence-electron chi connectivity index (χ0n) is 12.8. The van der Waals surface area contributed by atoms with Crippen molar-refractivity contribution in [1.29, 1.82) is 0 Å². The molecule has 1 unspecified atom stereocenters. The average Bonchev–Trinajstić information content (AvgIpc) is 2.55. The largest absolute Gasteiger partial charge is 0.497 e. The fourth-order valence-corrected chi connectivity index (χ4v) is 3.46. The summed E-state index contributed by atoms with van der Waals surface area (Å²) in [6, 6.07) is 7.61. The molecule has 1 aromatic rings. The number of amides is 1. The predicted molar refractivity (Wildman–Crippen MR) is 85.3 cm³/mol. The van der Waals surface area contributed by atoms with E-state index in [9.17, 15) is 9.59 Å². The highest BCUT2D eigenvalue weighted by molar-refractivity contribution is 8.00. The molecule has 0 bridgehead atoms. The van der Waals surface area contributed by atoms with E-state index in [-0.39, 0.29) is 17.1 Å². The minimum atomic E-state index is -0.757. The molecular weight excluding hydrogens is 302 g/mol. The first kappa shape index (κ1) is 16.7. The van der Waals surface area contributed by atoms with E-state index in [4.69, 9.17) is 9.84 Å². The molecule has 0 saturated carbocycles. The van der Waals surface area contributed by atoms with Crippen molar-refractivity contribution in [3.63, 3.8) is 0 Å². The van der Waals surface area contributed by atoms with Gasteiger partial charge in [0.1, 0.15) is 5.75 Å². The number of piperidine rings is 1. The highest BCUT2D eigenvalue weighted by atomic mass is 32.2. The summed E-state index contributed by atoms with van der Waals surface area (Å²) >= 11 is 1.51. The molecule has 22 heavy (non-hydrogen) atoms. The van der Waals surface area contributed by atoms with Crippen LogP contribution in [-0.4, -0.2) is 47.3 Å². The van der Waals surface area contributed by atoms with E-state index in [2.05, 4.69) is 0 Å². The highest BCUT2D eigenvalue weighted by Gasteiger charge is 2.29. The molecule has 1 N–H and O–H groups in total. The third-order valence-electron chi connectivity index (χ3n) is 3.88. The number of ether oxygens (including phenoxy) is 1. The van der Waals surface area contributed by atoms with E-state index >= 15 is 0 Å². The number of thioether (sulfide) groups is 1. The summed E-state index contributed by atoms with van der Waals surface area (Å²) in [6.45, 7) is 2.95. The summed E-state index contributed by atoms with van der Waals surface area (Å²) < 4.78 is 5.11. The number of aliphatic carboxylic acids is 1. The number of carboxylic acid groups (broad SMARTS) is 1. The lowest BCUT2D eigenvalue weighted by atomic mass is 9.97. The summed E-state index contributed by atoms with van der Waals surface area (Å²) in [4.78, 5) is 26.2. The molecule has 1 aliphatic rings. The number of carboxylic acids is 1. The van der Waals surface area contributed by atoms with Crippen LogP contribution in [0.1, 0.15) is 19.8 Å². The molecule has 1 atom stereocenters. The van der Waals surface area contributed by atoms with Crippen LogP contribution in [-0.2, 0) is 9.59 Å². The Morgan fingerprint density at radius 2 is 1.86 bits per heavy atom. The van der Waals surface area contributed by atoms with E-state index in [0.717, 1.165) is 10.6 Å². The molecule has 6 heteroatoms. The van der Waals surface area contributed by atoms with E-state index < -0.39 is 5.97 Å². The predicted octanol–water partition coefficient (Wildman–Crippen LogP) is 2.50. The molecule has 5 nitrogen and oxygen atoms in total. The molecule has 1 amide bonds. The van der Waals surface area contributed by atoms with Gasteiger partial charge in [0, 0.05) is 18.0 Å². The molecular formula is C16H21NO4S. The van der Waals surface area contributed by atoms with Gasteiger partial charge in [-0.3, -0.25) is 9.59 Å². The van der Waals surface area contributed by atoms with Crippen LogP contribution in [0.5, 0.6) is 5.75 Å². The van der Waals surface area contributed by atoms with Gasteiger partial charge in [-0.15, -0.1) is 11.8 Å². The first-order valence-corrected chi connectivity index (χ1v) is 8.21. The topological polar surface area (TPSA) is 66.8 Å². The van der Waals surface area contributed by atoms with Crippen molar-refractivity contribution in [2.24, 2.45) is 5.92 Å². The number of carbonyl (C=O) groups excluding carboxylic acids is 1. The van der Waals surface area contributed by atoms with Crippen LogP contribution in [0.4, 0.5) is 0 Å². The van der Waals surface area contributed by atoms with E-state index in [1.165, 1.54) is 11.8 Å². The maximum absolute atomic E-state index is 12.4. The van der Waals surface area contributed by atoms with Crippen LogP contribution >= 0.6 is 11.8 Å². The molecule has 120 valence electrons. The second-order valence-electron chi connectivity index (χ2n) is 5.37. The Labute approximate surface area is 134 Å². The molecule has 2 rings (SSSR count). The molecule has 0 aromatic heterocycles. The van der Waals surface area contributed by atoms with Crippen LogP contribution in [0.2, 0.25) is 0 Å². The number of carbonyl (C=O) groups is 2. The number of likely N-dealkylation sites (tertiary alicyclic amines) is 1. The lowest BCUT2D eigenvalue weighted by molar-refractivity contribution is -0.145. The Morgan fingerprint density at radius 1 is 1.27 bits per heavy atom. The number of hydrogen-bond acceptors (Lipinski definition) is 4. The van der Waals surface area contributed by atoms with Crippen molar-refractivity contribution >= 4 is 23.6 Å². The SMILES string of the molecule is COc1ccc(SC(C)C(=O)N2CCC(C(=O)O)CC2)cc1. The summed E-state index contributed by atoms with van der Waals surface area (Å²) in [5, 5.41) is 8.81. The molecule has 0 spiro atoms. The third-order valence-corrected chi connectivity index (χ3v) is 4.98. The average molecular weight is 323 g/mol. The fourth-order valence-electron chi connectivity index (χ4n) is 2.51. The molecule has 1 fully saturated rings. The normalized spacial score (nSPS) is 17.1. The van der Waals surface area contributed by atoms with Gasteiger partial charge in [0.15, 0.2) is 0 Å². The summed E-state index contributed by atoms with van der Waals surface area (Å²) in [6.07, 6.45) is 1.09. The molecule has 0 aliphatic carbocycles. The van der Waals surface area contributed by atoms with Crippen molar-refractivity contribution in [1.82, 2.24) is 4.90 Å². The Bertz CT molecular complexity index is 523. The van der Waals surface area contributed by atoms with Crippen LogP contribution in [0.3, 0.4) is 0 Å². The van der Waals surface area contributed by atoms with E-state index in [1.54, 1.807) is 12.0 Å². The maximum atomic E-state index is 12.4. The Kier molecular flexibility index (Phi) is 5.71. The van der Waals surface area contributed by atoms with Gasteiger partial charge in [-0.25, -0.2) is 0 Å². The second-order valence-corrected chi connectivity index (χ2v) is 6.79. The summed E-state index contributed by atoms with van der Waals surface area (Å²) in [7, 11) is 1.62. The van der Waals surface area contributed by atoms with Gasteiger partial charge in [0.25, 0.3) is 0 Å². The fraction of sp³-hybridized carbons (Fsp3) is 0.500. The van der Waals surface area contributed by atoms with Crippen molar-refractivity contribution in [3.8, 4) is 5.75 Å². The summed E-state index contributed by atoms with van der Waals surface area (Å²) in [5.74, 6) is -0.204. The maximum Gasteiger partial charge on any atom is 0.306 e. The lowest BCUT2D eigenvalue weighted by Crippen LogP contribution is -2.43. The standard InChI is InChI=1S/C16H21NO4S/c1-11(22-14-5-3-13(21-2)4-6-14)15(18)17-9-7-12(8-10-17)16(19)20/h3-6,11-12H,7-10H2,1-2H3,(H,19,20). The smallest absolute Gasteiger partial charge is 0.306 e. The van der Waals surface area contributed by atoms with Crippen molar-refractivity contribution in [3.05, 3.63) is 24.3 Å². The number of benzene rings is 1. The number of rotatable bonds is 5. The molecule has 1 aliphatic heterocycles. The van der Waals surface area contributed by atoms with Crippen molar-refractivity contribution in [2.45, 2.75) is 29.9 Å². The van der Waals surface area contributed by atoms with Gasteiger partial charge in [-0.1, -0.05) is 0 Å². The number of hydrogen-bond donors (Lipinski definition) is 1. The zero-order chi connectivity index (χ0) is 16.1. The van der Waals surface area contributed by atoms with E-state index in [0.29, 0.717) is 25.9 Å². The van der Waals surface area contributed by atoms with Gasteiger partial charge in [-0.05, 0) is 44.0 Å². The van der Waals surface area contributed by atoms with Crippen molar-refractivity contribution < 1.29 is 19.4 Å². The zero-order valence-corrected chi connectivity index (χ0v) is 13.6. The molecule has 1 saturated heterocycles. The highest BCUT2D eigenvalue weighted by Crippen LogP contribution is 2.27. The van der Waals surface area contributed by atoms with Crippen LogP contribution in [0.15, 0.2) is 29.2 Å². The minimum absolute atomic E-state index is 0.0738. The van der Waals surface area contributed by atoms with Crippen LogP contribution in [0.25, 0.3) is 0 Å². The Balaban J connectivity index is 1.88. The first-order valence-electron chi connectivity index (χ1n) is 7.33.